The van der Waals surface area contributed by atoms with Crippen LogP contribution >= 0.6 is 11.6 Å². The SMILES string of the molecule is Cc1cnc(NCc2ccc(Cl)c(C)c2)cc1C. The van der Waals surface area contributed by atoms with Gasteiger partial charge < -0.3 is 5.32 Å². The molecule has 1 N–H and O–H groups in total. The maximum atomic E-state index is 6.00. The first-order chi connectivity index (χ1) is 8.56. The smallest absolute Gasteiger partial charge is 0.126 e. The van der Waals surface area contributed by atoms with Gasteiger partial charge in [0.05, 0.1) is 0 Å². The summed E-state index contributed by atoms with van der Waals surface area (Å²) in [5.41, 5.74) is 4.77. The molecule has 0 aliphatic rings. The van der Waals surface area contributed by atoms with Gasteiger partial charge in [-0.3, -0.25) is 0 Å². The zero-order valence-corrected chi connectivity index (χ0v) is 11.7. The fraction of sp³-hybridized carbons (Fsp3) is 0.267. The summed E-state index contributed by atoms with van der Waals surface area (Å²) in [6.45, 7) is 6.93. The highest BCUT2D eigenvalue weighted by Gasteiger charge is 2.00. The second-order valence-electron chi connectivity index (χ2n) is 4.59. The first-order valence-electron chi connectivity index (χ1n) is 5.98. The molecule has 0 spiro atoms. The summed E-state index contributed by atoms with van der Waals surface area (Å²) in [6.07, 6.45) is 1.89. The van der Waals surface area contributed by atoms with E-state index in [1.165, 1.54) is 16.7 Å². The van der Waals surface area contributed by atoms with Crippen LogP contribution in [0.1, 0.15) is 22.3 Å². The minimum atomic E-state index is 0.757. The fourth-order valence-electron chi connectivity index (χ4n) is 1.73. The van der Waals surface area contributed by atoms with Crippen molar-refractivity contribution in [1.29, 1.82) is 0 Å². The molecule has 1 aromatic heterocycles. The summed E-state index contributed by atoms with van der Waals surface area (Å²) in [5.74, 6) is 0.908. The van der Waals surface area contributed by atoms with Gasteiger partial charge in [0.2, 0.25) is 0 Å². The van der Waals surface area contributed by atoms with Gasteiger partial charge in [-0.15, -0.1) is 0 Å². The lowest BCUT2D eigenvalue weighted by molar-refractivity contribution is 1.09. The third-order valence-electron chi connectivity index (χ3n) is 3.07. The summed E-state index contributed by atoms with van der Waals surface area (Å²) in [5, 5.41) is 4.13. The Morgan fingerprint density at radius 1 is 1.06 bits per heavy atom. The highest BCUT2D eigenvalue weighted by atomic mass is 35.5. The number of pyridine rings is 1. The number of aromatic nitrogens is 1. The number of benzene rings is 1. The number of nitrogens with one attached hydrogen (secondary N) is 1. The topological polar surface area (TPSA) is 24.9 Å². The summed E-state index contributed by atoms with van der Waals surface area (Å²) >= 11 is 6.00. The van der Waals surface area contributed by atoms with Gasteiger partial charge in [-0.05, 0) is 55.2 Å². The molecule has 0 atom stereocenters. The van der Waals surface area contributed by atoms with Crippen LogP contribution in [0.4, 0.5) is 5.82 Å². The van der Waals surface area contributed by atoms with Gasteiger partial charge in [-0.2, -0.15) is 0 Å². The first kappa shape index (κ1) is 12.9. The molecular formula is C15H17ClN2. The van der Waals surface area contributed by atoms with E-state index in [1.54, 1.807) is 0 Å². The van der Waals surface area contributed by atoms with Crippen molar-refractivity contribution in [3.05, 3.63) is 57.7 Å². The summed E-state index contributed by atoms with van der Waals surface area (Å²) in [6, 6.07) is 8.12. The molecule has 0 aliphatic heterocycles. The lowest BCUT2D eigenvalue weighted by Crippen LogP contribution is -2.02. The largest absolute Gasteiger partial charge is 0.366 e. The fourth-order valence-corrected chi connectivity index (χ4v) is 1.85. The molecule has 0 amide bonds. The van der Waals surface area contributed by atoms with E-state index in [2.05, 4.69) is 36.3 Å². The molecule has 3 heteroatoms. The van der Waals surface area contributed by atoms with Crippen molar-refractivity contribution in [2.45, 2.75) is 27.3 Å². The molecule has 1 heterocycles. The van der Waals surface area contributed by atoms with Gasteiger partial charge in [-0.25, -0.2) is 4.98 Å². The number of nitrogens with zero attached hydrogens (tertiary/aromatic N) is 1. The second-order valence-corrected chi connectivity index (χ2v) is 5.00. The lowest BCUT2D eigenvalue weighted by Gasteiger charge is -2.08. The van der Waals surface area contributed by atoms with E-state index in [0.29, 0.717) is 0 Å². The molecule has 1 aromatic carbocycles. The van der Waals surface area contributed by atoms with Crippen LogP contribution in [-0.4, -0.2) is 4.98 Å². The van der Waals surface area contributed by atoms with Crippen molar-refractivity contribution in [3.63, 3.8) is 0 Å². The van der Waals surface area contributed by atoms with Crippen LogP contribution in [0, 0.1) is 20.8 Å². The standard InChI is InChI=1S/C15H17ClN2/c1-10-7-15(17-8-12(10)3)18-9-13-4-5-14(16)11(2)6-13/h4-8H,9H2,1-3H3,(H,17,18). The van der Waals surface area contributed by atoms with Crippen molar-refractivity contribution in [1.82, 2.24) is 4.98 Å². The maximum absolute atomic E-state index is 6.00. The summed E-state index contributed by atoms with van der Waals surface area (Å²) in [4.78, 5) is 4.36. The minimum Gasteiger partial charge on any atom is -0.366 e. The molecule has 0 fully saturated rings. The molecule has 2 rings (SSSR count). The number of hydrogen-bond acceptors (Lipinski definition) is 2. The lowest BCUT2D eigenvalue weighted by atomic mass is 10.1. The number of rotatable bonds is 3. The monoisotopic (exact) mass is 260 g/mol. The van der Waals surface area contributed by atoms with Crippen LogP contribution in [0.25, 0.3) is 0 Å². The van der Waals surface area contributed by atoms with Crippen LogP contribution in [0.3, 0.4) is 0 Å². The molecule has 94 valence electrons. The van der Waals surface area contributed by atoms with Crippen LogP contribution in [0.2, 0.25) is 5.02 Å². The Bertz CT molecular complexity index is 513. The van der Waals surface area contributed by atoms with Gasteiger partial charge >= 0.3 is 0 Å². The van der Waals surface area contributed by atoms with E-state index in [4.69, 9.17) is 11.6 Å². The van der Waals surface area contributed by atoms with E-state index in [9.17, 15) is 0 Å². The van der Waals surface area contributed by atoms with Gasteiger partial charge in [0.1, 0.15) is 5.82 Å². The van der Waals surface area contributed by atoms with Gasteiger partial charge in [0, 0.05) is 17.8 Å². The van der Waals surface area contributed by atoms with Crippen LogP contribution in [0.15, 0.2) is 30.5 Å². The van der Waals surface area contributed by atoms with E-state index in [1.807, 2.05) is 25.3 Å². The summed E-state index contributed by atoms with van der Waals surface area (Å²) in [7, 11) is 0. The summed E-state index contributed by atoms with van der Waals surface area (Å²) < 4.78 is 0. The Morgan fingerprint density at radius 3 is 2.50 bits per heavy atom. The zero-order valence-electron chi connectivity index (χ0n) is 10.9. The highest BCUT2D eigenvalue weighted by molar-refractivity contribution is 6.31. The number of hydrogen-bond donors (Lipinski definition) is 1. The van der Waals surface area contributed by atoms with E-state index in [-0.39, 0.29) is 0 Å². The third-order valence-corrected chi connectivity index (χ3v) is 3.49. The highest BCUT2D eigenvalue weighted by Crippen LogP contribution is 2.17. The average Bonchev–Trinajstić information content (AvgIpc) is 2.35. The molecule has 2 nitrogen and oxygen atoms in total. The first-order valence-corrected chi connectivity index (χ1v) is 6.36. The van der Waals surface area contributed by atoms with E-state index >= 15 is 0 Å². The Labute approximate surface area is 113 Å². The van der Waals surface area contributed by atoms with Crippen molar-refractivity contribution in [2.75, 3.05) is 5.32 Å². The number of anilines is 1. The Hall–Kier alpha value is -1.54. The van der Waals surface area contributed by atoms with Crippen LogP contribution in [-0.2, 0) is 6.54 Å². The van der Waals surface area contributed by atoms with Crippen molar-refractivity contribution < 1.29 is 0 Å². The second kappa shape index (κ2) is 5.40. The molecule has 0 saturated carbocycles. The van der Waals surface area contributed by atoms with Crippen molar-refractivity contribution in [2.24, 2.45) is 0 Å². The van der Waals surface area contributed by atoms with E-state index < -0.39 is 0 Å². The van der Waals surface area contributed by atoms with Gasteiger partial charge in [-0.1, -0.05) is 23.7 Å². The van der Waals surface area contributed by atoms with E-state index in [0.717, 1.165) is 22.9 Å². The molecule has 0 unspecified atom stereocenters. The van der Waals surface area contributed by atoms with Gasteiger partial charge in [0.15, 0.2) is 0 Å². The quantitative estimate of drug-likeness (QED) is 0.891. The molecule has 0 saturated heterocycles. The van der Waals surface area contributed by atoms with Crippen molar-refractivity contribution >= 4 is 17.4 Å². The third kappa shape index (κ3) is 3.02. The predicted octanol–water partition coefficient (Wildman–Crippen LogP) is 4.27. The van der Waals surface area contributed by atoms with Crippen molar-refractivity contribution in [3.8, 4) is 0 Å². The number of aryl methyl sites for hydroxylation is 3. The predicted molar refractivity (Wildman–Crippen MR) is 77.2 cm³/mol. The van der Waals surface area contributed by atoms with Crippen LogP contribution < -0.4 is 5.32 Å². The maximum Gasteiger partial charge on any atom is 0.126 e. The minimum absolute atomic E-state index is 0.757. The molecule has 2 aromatic rings. The van der Waals surface area contributed by atoms with Gasteiger partial charge in [0.25, 0.3) is 0 Å². The molecule has 0 bridgehead atoms. The zero-order chi connectivity index (χ0) is 13.1. The molecule has 0 aliphatic carbocycles. The normalized spacial score (nSPS) is 10.4. The average molecular weight is 261 g/mol. The Morgan fingerprint density at radius 2 is 1.83 bits per heavy atom. The number of halogens is 1. The molecule has 18 heavy (non-hydrogen) atoms. The molecule has 0 radical (unpaired) electrons. The molecular weight excluding hydrogens is 244 g/mol. The van der Waals surface area contributed by atoms with Crippen LogP contribution in [0.5, 0.6) is 0 Å². The Balaban J connectivity index is 2.06. The Kier molecular flexibility index (Phi) is 3.87.